The molecule has 1 saturated heterocycles. The largest absolute Gasteiger partial charge is 0.351 e. The molecule has 0 spiro atoms. The Morgan fingerprint density at radius 2 is 2.10 bits per heavy atom. The second kappa shape index (κ2) is 6.18. The Hall–Kier alpha value is -1.36. The zero-order chi connectivity index (χ0) is 14.7. The van der Waals surface area contributed by atoms with Crippen molar-refractivity contribution in [3.05, 3.63) is 18.5 Å². The van der Waals surface area contributed by atoms with Crippen molar-refractivity contribution in [3.63, 3.8) is 0 Å². The highest BCUT2D eigenvalue weighted by Crippen LogP contribution is 2.30. The Morgan fingerprint density at radius 1 is 1.38 bits per heavy atom. The molecule has 1 aliphatic carbocycles. The Kier molecular flexibility index (Phi) is 4.29. The van der Waals surface area contributed by atoms with Crippen LogP contribution in [0.1, 0.15) is 45.4 Å². The molecule has 2 heterocycles. The van der Waals surface area contributed by atoms with Crippen molar-refractivity contribution in [2.24, 2.45) is 5.92 Å². The molecule has 1 aliphatic heterocycles. The van der Waals surface area contributed by atoms with Crippen molar-refractivity contribution in [2.75, 3.05) is 13.1 Å². The Balaban J connectivity index is 1.75. The highest BCUT2D eigenvalue weighted by molar-refractivity contribution is 5.84. The van der Waals surface area contributed by atoms with Crippen LogP contribution in [-0.2, 0) is 10.3 Å². The maximum atomic E-state index is 13.0. The molecule has 21 heavy (non-hydrogen) atoms. The van der Waals surface area contributed by atoms with Crippen molar-refractivity contribution in [1.29, 1.82) is 0 Å². The van der Waals surface area contributed by atoms with Gasteiger partial charge in [0.25, 0.3) is 0 Å². The van der Waals surface area contributed by atoms with Crippen molar-refractivity contribution >= 4 is 5.91 Å². The van der Waals surface area contributed by atoms with Crippen LogP contribution in [0.4, 0.5) is 0 Å². The topological polar surface area (TPSA) is 59.0 Å². The molecule has 5 nitrogen and oxygen atoms in total. The normalized spacial score (nSPS) is 23.9. The van der Waals surface area contributed by atoms with E-state index < -0.39 is 5.54 Å². The van der Waals surface area contributed by atoms with Gasteiger partial charge in [-0.1, -0.05) is 12.8 Å². The van der Waals surface area contributed by atoms with E-state index in [9.17, 15) is 4.79 Å². The Bertz CT molecular complexity index is 459. The van der Waals surface area contributed by atoms with Crippen molar-refractivity contribution < 1.29 is 4.79 Å². The number of carbonyl (C=O) groups excluding carboxylic acids is 1. The van der Waals surface area contributed by atoms with Crippen molar-refractivity contribution in [1.82, 2.24) is 20.4 Å². The fourth-order valence-corrected chi connectivity index (χ4v) is 3.84. The molecular formula is C16H26N4O. The van der Waals surface area contributed by atoms with Gasteiger partial charge in [0, 0.05) is 18.4 Å². The van der Waals surface area contributed by atoms with E-state index in [1.54, 1.807) is 6.20 Å². The van der Waals surface area contributed by atoms with Gasteiger partial charge < -0.3 is 10.6 Å². The molecular weight excluding hydrogens is 264 g/mol. The number of amides is 1. The lowest BCUT2D eigenvalue weighted by Gasteiger charge is -2.37. The molecule has 3 rings (SSSR count). The van der Waals surface area contributed by atoms with Gasteiger partial charge in [-0.05, 0) is 57.7 Å². The van der Waals surface area contributed by atoms with Crippen LogP contribution in [0, 0.1) is 5.92 Å². The van der Waals surface area contributed by atoms with Crippen LogP contribution in [0.15, 0.2) is 18.5 Å². The summed E-state index contributed by atoms with van der Waals surface area (Å²) in [6.45, 7) is 3.89. The second-order valence-corrected chi connectivity index (χ2v) is 6.54. The van der Waals surface area contributed by atoms with E-state index in [0.717, 1.165) is 25.9 Å². The first kappa shape index (κ1) is 14.6. The van der Waals surface area contributed by atoms with Crippen LogP contribution < -0.4 is 10.6 Å². The van der Waals surface area contributed by atoms with E-state index in [4.69, 9.17) is 0 Å². The van der Waals surface area contributed by atoms with Gasteiger partial charge in [-0.25, -0.2) is 0 Å². The minimum Gasteiger partial charge on any atom is -0.351 e. The Morgan fingerprint density at radius 3 is 2.71 bits per heavy atom. The molecule has 2 aliphatic rings. The van der Waals surface area contributed by atoms with Crippen LogP contribution in [0.2, 0.25) is 0 Å². The molecule has 1 saturated carbocycles. The fraction of sp³-hybridized carbons (Fsp3) is 0.750. The molecule has 1 unspecified atom stereocenters. The lowest BCUT2D eigenvalue weighted by atomic mass is 9.86. The fourth-order valence-electron chi connectivity index (χ4n) is 3.84. The van der Waals surface area contributed by atoms with Gasteiger partial charge in [0.05, 0.1) is 0 Å². The number of nitrogens with one attached hydrogen (secondary N) is 2. The summed E-state index contributed by atoms with van der Waals surface area (Å²) in [5, 5.41) is 11.0. The summed E-state index contributed by atoms with van der Waals surface area (Å²) >= 11 is 0. The van der Waals surface area contributed by atoms with Gasteiger partial charge >= 0.3 is 0 Å². The summed E-state index contributed by atoms with van der Waals surface area (Å²) in [7, 11) is 0. The smallest absolute Gasteiger partial charge is 0.248 e. The summed E-state index contributed by atoms with van der Waals surface area (Å²) in [6, 6.07) is 2.17. The third kappa shape index (κ3) is 2.84. The van der Waals surface area contributed by atoms with Crippen LogP contribution in [0.5, 0.6) is 0 Å². The Labute approximate surface area is 126 Å². The molecule has 0 aromatic carbocycles. The van der Waals surface area contributed by atoms with Gasteiger partial charge in [-0.15, -0.1) is 0 Å². The number of piperidine rings is 1. The summed E-state index contributed by atoms with van der Waals surface area (Å²) in [5.74, 6) is 0.789. The maximum absolute atomic E-state index is 13.0. The third-order valence-corrected chi connectivity index (χ3v) is 5.26. The first-order valence-electron chi connectivity index (χ1n) is 8.24. The number of aromatic nitrogens is 2. The average molecular weight is 290 g/mol. The number of nitrogens with zero attached hydrogens (tertiary/aromatic N) is 2. The summed E-state index contributed by atoms with van der Waals surface area (Å²) in [6.07, 6.45) is 10.4. The standard InChI is InChI=1S/C16H26N4O/c1-13(14-5-2-3-6-14)19-15(21)16(7-10-17-11-8-16)20-12-4-9-18-20/h4,9,12-14,17H,2-3,5-8,10-11H2,1H3,(H,19,21). The summed E-state index contributed by atoms with van der Waals surface area (Å²) in [4.78, 5) is 13.0. The van der Waals surface area contributed by atoms with Crippen LogP contribution >= 0.6 is 0 Å². The van der Waals surface area contributed by atoms with Gasteiger partial charge in [0.1, 0.15) is 5.54 Å². The van der Waals surface area contributed by atoms with E-state index in [2.05, 4.69) is 22.7 Å². The number of hydrogen-bond donors (Lipinski definition) is 2. The first-order valence-corrected chi connectivity index (χ1v) is 8.24. The van der Waals surface area contributed by atoms with Gasteiger partial charge in [-0.3, -0.25) is 9.48 Å². The van der Waals surface area contributed by atoms with Crippen LogP contribution in [-0.4, -0.2) is 34.8 Å². The molecule has 0 bridgehead atoms. The molecule has 1 amide bonds. The monoisotopic (exact) mass is 290 g/mol. The van der Waals surface area contributed by atoms with E-state index in [-0.39, 0.29) is 11.9 Å². The zero-order valence-corrected chi connectivity index (χ0v) is 12.8. The molecule has 0 radical (unpaired) electrons. The molecule has 1 atom stereocenters. The SMILES string of the molecule is CC(NC(=O)C1(n2cccn2)CCNCC1)C1CCCC1. The first-order chi connectivity index (χ1) is 10.2. The molecule has 5 heteroatoms. The summed E-state index contributed by atoms with van der Waals surface area (Å²) < 4.78 is 1.87. The van der Waals surface area contributed by atoms with E-state index in [0.29, 0.717) is 5.92 Å². The number of hydrogen-bond acceptors (Lipinski definition) is 3. The number of carbonyl (C=O) groups is 1. The van der Waals surface area contributed by atoms with E-state index in [1.165, 1.54) is 25.7 Å². The van der Waals surface area contributed by atoms with Crippen LogP contribution in [0.25, 0.3) is 0 Å². The maximum Gasteiger partial charge on any atom is 0.248 e. The molecule has 2 N–H and O–H groups in total. The average Bonchev–Trinajstić information content (AvgIpc) is 3.21. The quantitative estimate of drug-likeness (QED) is 0.886. The minimum atomic E-state index is -0.512. The van der Waals surface area contributed by atoms with Crippen molar-refractivity contribution in [3.8, 4) is 0 Å². The molecule has 1 aromatic rings. The van der Waals surface area contributed by atoms with Gasteiger partial charge in [0.2, 0.25) is 5.91 Å². The van der Waals surface area contributed by atoms with Crippen molar-refractivity contribution in [2.45, 2.75) is 57.0 Å². The van der Waals surface area contributed by atoms with Crippen LogP contribution in [0.3, 0.4) is 0 Å². The van der Waals surface area contributed by atoms with E-state index >= 15 is 0 Å². The minimum absolute atomic E-state index is 0.145. The summed E-state index contributed by atoms with van der Waals surface area (Å²) in [5.41, 5.74) is -0.512. The van der Waals surface area contributed by atoms with Gasteiger partial charge in [0.15, 0.2) is 0 Å². The third-order valence-electron chi connectivity index (χ3n) is 5.26. The zero-order valence-electron chi connectivity index (χ0n) is 12.8. The molecule has 1 aromatic heterocycles. The lowest BCUT2D eigenvalue weighted by molar-refractivity contribution is -0.133. The highest BCUT2D eigenvalue weighted by atomic mass is 16.2. The highest BCUT2D eigenvalue weighted by Gasteiger charge is 2.42. The lowest BCUT2D eigenvalue weighted by Crippen LogP contribution is -2.56. The van der Waals surface area contributed by atoms with E-state index in [1.807, 2.05) is 16.9 Å². The second-order valence-electron chi connectivity index (χ2n) is 6.54. The van der Waals surface area contributed by atoms with Gasteiger partial charge in [-0.2, -0.15) is 5.10 Å². The predicted molar refractivity (Wildman–Crippen MR) is 81.9 cm³/mol. The molecule has 116 valence electrons. The molecule has 2 fully saturated rings. The number of rotatable bonds is 4. The predicted octanol–water partition coefficient (Wildman–Crippen LogP) is 1.66.